The molecule has 0 unspecified atom stereocenters. The van der Waals surface area contributed by atoms with Crippen LogP contribution in [0, 0.1) is 11.3 Å². The molecule has 1 aromatic carbocycles. The number of rotatable bonds is 13. The van der Waals surface area contributed by atoms with Crippen LogP contribution in [0.4, 0.5) is 4.39 Å². The van der Waals surface area contributed by atoms with Crippen molar-refractivity contribution in [2.24, 2.45) is 11.3 Å². The maximum atomic E-state index is 16.3. The van der Waals surface area contributed by atoms with Crippen molar-refractivity contribution in [3.8, 4) is 5.75 Å². The number of carbonyl (C=O) groups is 1. The van der Waals surface area contributed by atoms with Gasteiger partial charge in [-0.05, 0) is 83.4 Å². The highest BCUT2D eigenvalue weighted by Crippen LogP contribution is 2.39. The highest BCUT2D eigenvalue weighted by molar-refractivity contribution is 6.74. The van der Waals surface area contributed by atoms with Crippen LogP contribution in [0.3, 0.4) is 0 Å². The Morgan fingerprint density at radius 3 is 2.19 bits per heavy atom. The van der Waals surface area contributed by atoms with Crippen LogP contribution in [0.15, 0.2) is 36.2 Å². The Labute approximate surface area is 254 Å². The standard InChI is InChI=1S/C33H55FO7Si/c1-22(23(2)41-42(12,13)32(6,7)8)20-26(34)28(38-21-24-14-16-25(36-11)17-15-24)29-27(39-33(9,10)40-29)18-19-37-30(35)31(3,4)5/h14-17,20,22-23,27-29H,18-19,21H2,1-13H3/t22-,23+,27+,28-,29+/m1/s1. The van der Waals surface area contributed by atoms with Crippen molar-refractivity contribution in [1.82, 2.24) is 0 Å². The monoisotopic (exact) mass is 610 g/mol. The minimum Gasteiger partial charge on any atom is -0.497 e. The number of benzene rings is 1. The lowest BCUT2D eigenvalue weighted by Gasteiger charge is -2.39. The molecule has 0 saturated carbocycles. The summed E-state index contributed by atoms with van der Waals surface area (Å²) in [5, 5.41) is 0.0392. The molecule has 1 fully saturated rings. The molecule has 0 radical (unpaired) electrons. The zero-order valence-corrected chi connectivity index (χ0v) is 29.1. The van der Waals surface area contributed by atoms with Crippen LogP contribution in [0.2, 0.25) is 18.1 Å². The molecule has 240 valence electrons. The van der Waals surface area contributed by atoms with Gasteiger partial charge in [0.15, 0.2) is 14.1 Å². The van der Waals surface area contributed by atoms with Crippen LogP contribution in [0.1, 0.15) is 81.2 Å². The van der Waals surface area contributed by atoms with Crippen LogP contribution < -0.4 is 4.74 Å². The lowest BCUT2D eigenvalue weighted by atomic mass is 9.97. The van der Waals surface area contributed by atoms with Crippen molar-refractivity contribution in [2.75, 3.05) is 13.7 Å². The normalized spacial score (nSPS) is 22.0. The largest absolute Gasteiger partial charge is 0.497 e. The fourth-order valence-corrected chi connectivity index (χ4v) is 5.79. The average molecular weight is 611 g/mol. The van der Waals surface area contributed by atoms with Gasteiger partial charge in [-0.15, -0.1) is 0 Å². The summed E-state index contributed by atoms with van der Waals surface area (Å²) in [5.74, 6) is -1.20. The molecule has 0 aromatic heterocycles. The Morgan fingerprint density at radius 2 is 1.67 bits per heavy atom. The zero-order chi connectivity index (χ0) is 32.1. The van der Waals surface area contributed by atoms with E-state index in [1.165, 1.54) is 0 Å². The molecular formula is C33H55FO7Si. The fourth-order valence-electron chi connectivity index (χ4n) is 4.30. The van der Waals surface area contributed by atoms with E-state index in [9.17, 15) is 4.79 Å². The molecule has 0 aliphatic carbocycles. The third-order valence-electron chi connectivity index (χ3n) is 8.08. The molecule has 5 atom stereocenters. The van der Waals surface area contributed by atoms with Crippen molar-refractivity contribution < 1.29 is 37.3 Å². The van der Waals surface area contributed by atoms with Gasteiger partial charge >= 0.3 is 5.97 Å². The van der Waals surface area contributed by atoms with E-state index in [4.69, 9.17) is 28.1 Å². The third kappa shape index (κ3) is 10.4. The van der Waals surface area contributed by atoms with Crippen LogP contribution in [-0.2, 0) is 34.8 Å². The van der Waals surface area contributed by atoms with E-state index >= 15 is 4.39 Å². The molecule has 9 heteroatoms. The van der Waals surface area contributed by atoms with Gasteiger partial charge in [0.1, 0.15) is 23.8 Å². The van der Waals surface area contributed by atoms with E-state index in [-0.39, 0.29) is 36.2 Å². The maximum Gasteiger partial charge on any atom is 0.311 e. The predicted octanol–water partition coefficient (Wildman–Crippen LogP) is 7.98. The van der Waals surface area contributed by atoms with Gasteiger partial charge in [-0.1, -0.05) is 39.8 Å². The topological polar surface area (TPSA) is 72.5 Å². The van der Waals surface area contributed by atoms with E-state index < -0.39 is 43.7 Å². The van der Waals surface area contributed by atoms with Crippen LogP contribution >= 0.6 is 0 Å². The van der Waals surface area contributed by atoms with Crippen molar-refractivity contribution in [3.05, 3.63) is 41.7 Å². The number of halogens is 1. The first-order valence-electron chi connectivity index (χ1n) is 15.0. The van der Waals surface area contributed by atoms with Gasteiger partial charge in [-0.25, -0.2) is 4.39 Å². The minimum absolute atomic E-state index is 0.0392. The second kappa shape index (κ2) is 14.3. The van der Waals surface area contributed by atoms with Gasteiger partial charge in [-0.2, -0.15) is 0 Å². The molecule has 7 nitrogen and oxygen atoms in total. The highest BCUT2D eigenvalue weighted by Gasteiger charge is 2.47. The number of hydrogen-bond acceptors (Lipinski definition) is 7. The van der Waals surface area contributed by atoms with E-state index in [0.29, 0.717) is 6.42 Å². The van der Waals surface area contributed by atoms with Gasteiger partial charge < -0.3 is 28.1 Å². The minimum atomic E-state index is -2.05. The summed E-state index contributed by atoms with van der Waals surface area (Å²) in [6, 6.07) is 7.45. The second-order valence-electron chi connectivity index (χ2n) is 14.4. The average Bonchev–Trinajstić information content (AvgIpc) is 3.16. The first-order valence-corrected chi connectivity index (χ1v) is 17.9. The van der Waals surface area contributed by atoms with Gasteiger partial charge in [-0.3, -0.25) is 4.79 Å². The summed E-state index contributed by atoms with van der Waals surface area (Å²) in [6.45, 7) is 24.2. The van der Waals surface area contributed by atoms with Crippen LogP contribution in [0.5, 0.6) is 5.75 Å². The van der Waals surface area contributed by atoms with Crippen molar-refractivity contribution in [2.45, 2.75) is 131 Å². The molecule has 0 amide bonds. The third-order valence-corrected chi connectivity index (χ3v) is 12.7. The summed E-state index contributed by atoms with van der Waals surface area (Å²) in [4.78, 5) is 12.3. The first-order chi connectivity index (χ1) is 19.2. The van der Waals surface area contributed by atoms with Gasteiger partial charge in [0, 0.05) is 18.4 Å². The Morgan fingerprint density at radius 1 is 1.07 bits per heavy atom. The smallest absolute Gasteiger partial charge is 0.311 e. The first kappa shape index (κ1) is 36.4. The molecule has 1 saturated heterocycles. The molecule has 0 bridgehead atoms. The van der Waals surface area contributed by atoms with Crippen molar-refractivity contribution in [1.29, 1.82) is 0 Å². The Bertz CT molecular complexity index is 1040. The highest BCUT2D eigenvalue weighted by atomic mass is 28.4. The number of hydrogen-bond donors (Lipinski definition) is 0. The summed E-state index contributed by atoms with van der Waals surface area (Å²) in [6.07, 6.45) is -0.618. The summed E-state index contributed by atoms with van der Waals surface area (Å²) in [7, 11) is -0.441. The second-order valence-corrected chi connectivity index (χ2v) is 19.1. The van der Waals surface area contributed by atoms with E-state index in [0.717, 1.165) is 11.3 Å². The fraction of sp³-hybridized carbons (Fsp3) is 0.727. The Kier molecular flexibility index (Phi) is 12.4. The molecule has 42 heavy (non-hydrogen) atoms. The lowest BCUT2D eigenvalue weighted by molar-refractivity contribution is -0.160. The quantitative estimate of drug-likeness (QED) is 0.166. The zero-order valence-electron chi connectivity index (χ0n) is 28.1. The molecule has 0 N–H and O–H groups in total. The van der Waals surface area contributed by atoms with Crippen LogP contribution in [-0.4, -0.2) is 58.2 Å². The number of ether oxygens (including phenoxy) is 5. The van der Waals surface area contributed by atoms with E-state index in [1.807, 2.05) is 38.1 Å². The Hall–Kier alpha value is -1.78. The molecule has 0 spiro atoms. The predicted molar refractivity (Wildman–Crippen MR) is 167 cm³/mol. The SMILES string of the molecule is COc1ccc(CO[C@H](C(F)=C[C@@H](C)[C@H](C)O[Si](C)(C)C(C)(C)C)[C@H]2OC(C)(C)O[C@H]2CCOC(=O)C(C)(C)C)cc1. The summed E-state index contributed by atoms with van der Waals surface area (Å²) < 4.78 is 52.3. The summed E-state index contributed by atoms with van der Waals surface area (Å²) >= 11 is 0. The molecule has 1 aromatic rings. The molecular weight excluding hydrogens is 555 g/mol. The Balaban J connectivity index is 2.32. The number of esters is 1. The molecule has 1 aliphatic heterocycles. The molecule has 2 rings (SSSR count). The number of carbonyl (C=O) groups excluding carboxylic acids is 1. The van der Waals surface area contributed by atoms with E-state index in [2.05, 4.69) is 33.9 Å². The van der Waals surface area contributed by atoms with Gasteiger partial charge in [0.05, 0.1) is 31.8 Å². The summed E-state index contributed by atoms with van der Waals surface area (Å²) in [5.41, 5.74) is 0.245. The number of methoxy groups -OCH3 is 1. The molecule has 1 heterocycles. The molecule has 1 aliphatic rings. The van der Waals surface area contributed by atoms with Gasteiger partial charge in [0.25, 0.3) is 0 Å². The van der Waals surface area contributed by atoms with Gasteiger partial charge in [0.2, 0.25) is 0 Å². The van der Waals surface area contributed by atoms with E-state index in [1.54, 1.807) is 47.8 Å². The van der Waals surface area contributed by atoms with Crippen LogP contribution in [0.25, 0.3) is 0 Å². The lowest BCUT2D eigenvalue weighted by Crippen LogP contribution is -2.44. The van der Waals surface area contributed by atoms with Crippen molar-refractivity contribution >= 4 is 14.3 Å². The van der Waals surface area contributed by atoms with Crippen molar-refractivity contribution in [3.63, 3.8) is 0 Å². The maximum absolute atomic E-state index is 16.3.